The van der Waals surface area contributed by atoms with Gasteiger partial charge in [0, 0.05) is 24.8 Å². The summed E-state index contributed by atoms with van der Waals surface area (Å²) in [6.45, 7) is 7.52. The first-order valence-electron chi connectivity index (χ1n) is 7.05. The van der Waals surface area contributed by atoms with Gasteiger partial charge in [-0.05, 0) is 43.5 Å². The van der Waals surface area contributed by atoms with E-state index >= 15 is 0 Å². The highest BCUT2D eigenvalue weighted by atomic mass is 35.5. The molecular weight excluding hydrogens is 263 g/mol. The van der Waals surface area contributed by atoms with Crippen molar-refractivity contribution in [2.45, 2.75) is 32.7 Å². The third-order valence-corrected chi connectivity index (χ3v) is 4.12. The molecule has 1 heterocycles. The van der Waals surface area contributed by atoms with E-state index < -0.39 is 0 Å². The molecule has 1 aliphatic rings. The summed E-state index contributed by atoms with van der Waals surface area (Å²) >= 11 is 5.85. The van der Waals surface area contributed by atoms with Gasteiger partial charge in [0.2, 0.25) is 0 Å². The standard InChI is InChI=1S/C15H22ClFN2/c1-3-7-18-15-6-8-19(10-11(15)2)12-4-5-14(17)13(16)9-12/h4-5,9,11,15,18H,3,6-8,10H2,1-2H3. The maximum atomic E-state index is 13.2. The number of hydrogen-bond donors (Lipinski definition) is 1. The third kappa shape index (κ3) is 3.61. The normalized spacial score (nSPS) is 23.7. The lowest BCUT2D eigenvalue weighted by Crippen LogP contribution is -2.48. The van der Waals surface area contributed by atoms with E-state index in [1.165, 1.54) is 12.5 Å². The highest BCUT2D eigenvalue weighted by Gasteiger charge is 2.25. The third-order valence-electron chi connectivity index (χ3n) is 3.83. The fourth-order valence-electron chi connectivity index (χ4n) is 2.69. The molecule has 0 amide bonds. The fraction of sp³-hybridized carbons (Fsp3) is 0.600. The van der Waals surface area contributed by atoms with Gasteiger partial charge in [0.1, 0.15) is 5.82 Å². The van der Waals surface area contributed by atoms with Crippen LogP contribution >= 0.6 is 11.6 Å². The smallest absolute Gasteiger partial charge is 0.141 e. The molecule has 1 saturated heterocycles. The Hall–Kier alpha value is -0.800. The van der Waals surface area contributed by atoms with Crippen LogP contribution < -0.4 is 10.2 Å². The molecule has 1 aliphatic heterocycles. The van der Waals surface area contributed by atoms with Gasteiger partial charge in [-0.2, -0.15) is 0 Å². The van der Waals surface area contributed by atoms with Gasteiger partial charge in [0.15, 0.2) is 0 Å². The number of piperidine rings is 1. The Balaban J connectivity index is 1.99. The van der Waals surface area contributed by atoms with Gasteiger partial charge in [-0.25, -0.2) is 4.39 Å². The van der Waals surface area contributed by atoms with E-state index in [0.29, 0.717) is 12.0 Å². The van der Waals surface area contributed by atoms with Crippen LogP contribution in [0.2, 0.25) is 5.02 Å². The molecule has 1 aromatic rings. The lowest BCUT2D eigenvalue weighted by molar-refractivity contribution is 0.322. The second kappa shape index (κ2) is 6.58. The van der Waals surface area contributed by atoms with E-state index in [1.807, 2.05) is 6.07 Å². The minimum Gasteiger partial charge on any atom is -0.371 e. The second-order valence-electron chi connectivity index (χ2n) is 5.37. The Morgan fingerprint density at radius 1 is 1.47 bits per heavy atom. The van der Waals surface area contributed by atoms with Gasteiger partial charge in [0.25, 0.3) is 0 Å². The van der Waals surface area contributed by atoms with Gasteiger partial charge in [-0.1, -0.05) is 25.4 Å². The number of halogens is 2. The zero-order valence-corrected chi connectivity index (χ0v) is 12.4. The van der Waals surface area contributed by atoms with Crippen molar-refractivity contribution in [3.8, 4) is 0 Å². The van der Waals surface area contributed by atoms with Gasteiger partial charge >= 0.3 is 0 Å². The van der Waals surface area contributed by atoms with E-state index in [0.717, 1.165) is 31.7 Å². The molecular formula is C15H22ClFN2. The Kier molecular flexibility index (Phi) is 5.06. The number of rotatable bonds is 4. The van der Waals surface area contributed by atoms with Crippen LogP contribution in [0.5, 0.6) is 0 Å². The summed E-state index contributed by atoms with van der Waals surface area (Å²) in [6, 6.07) is 5.58. The summed E-state index contributed by atoms with van der Waals surface area (Å²) in [6.07, 6.45) is 2.29. The van der Waals surface area contributed by atoms with Gasteiger partial charge < -0.3 is 10.2 Å². The van der Waals surface area contributed by atoms with Crippen LogP contribution in [0.3, 0.4) is 0 Å². The highest BCUT2D eigenvalue weighted by molar-refractivity contribution is 6.31. The molecule has 0 spiro atoms. The zero-order chi connectivity index (χ0) is 13.8. The Bertz CT molecular complexity index is 425. The number of nitrogens with one attached hydrogen (secondary N) is 1. The average Bonchev–Trinajstić information content (AvgIpc) is 2.40. The molecule has 2 rings (SSSR count). The van der Waals surface area contributed by atoms with E-state index in [4.69, 9.17) is 11.6 Å². The second-order valence-corrected chi connectivity index (χ2v) is 5.78. The maximum absolute atomic E-state index is 13.2. The molecule has 0 saturated carbocycles. The number of hydrogen-bond acceptors (Lipinski definition) is 2. The summed E-state index contributed by atoms with van der Waals surface area (Å²) in [5.41, 5.74) is 1.02. The first kappa shape index (κ1) is 14.6. The highest BCUT2D eigenvalue weighted by Crippen LogP contribution is 2.27. The average molecular weight is 285 g/mol. The van der Waals surface area contributed by atoms with Crippen LogP contribution in [0.1, 0.15) is 26.7 Å². The van der Waals surface area contributed by atoms with Crippen molar-refractivity contribution in [3.05, 3.63) is 29.0 Å². The molecule has 19 heavy (non-hydrogen) atoms. The molecule has 4 heteroatoms. The molecule has 0 bridgehead atoms. The van der Waals surface area contributed by atoms with Crippen LogP contribution in [-0.4, -0.2) is 25.7 Å². The van der Waals surface area contributed by atoms with Crippen molar-refractivity contribution in [2.24, 2.45) is 5.92 Å². The largest absolute Gasteiger partial charge is 0.371 e. The van der Waals surface area contributed by atoms with E-state index in [-0.39, 0.29) is 10.8 Å². The molecule has 2 nitrogen and oxygen atoms in total. The summed E-state index contributed by atoms with van der Waals surface area (Å²) in [4.78, 5) is 2.29. The Morgan fingerprint density at radius 3 is 2.89 bits per heavy atom. The predicted octanol–water partition coefficient (Wildman–Crippen LogP) is 3.69. The molecule has 2 atom stereocenters. The number of benzene rings is 1. The predicted molar refractivity (Wildman–Crippen MR) is 79.5 cm³/mol. The molecule has 0 aromatic heterocycles. The van der Waals surface area contributed by atoms with Crippen LogP contribution in [0.15, 0.2) is 18.2 Å². The van der Waals surface area contributed by atoms with E-state index in [1.54, 1.807) is 6.07 Å². The van der Waals surface area contributed by atoms with Gasteiger partial charge in [0.05, 0.1) is 5.02 Å². The molecule has 106 valence electrons. The molecule has 1 aromatic carbocycles. The van der Waals surface area contributed by atoms with Crippen molar-refractivity contribution < 1.29 is 4.39 Å². The summed E-state index contributed by atoms with van der Waals surface area (Å²) in [5.74, 6) is 0.238. The van der Waals surface area contributed by atoms with Gasteiger partial charge in [-0.15, -0.1) is 0 Å². The Labute approximate surface area is 119 Å². The monoisotopic (exact) mass is 284 g/mol. The summed E-state index contributed by atoms with van der Waals surface area (Å²) in [5, 5.41) is 3.81. The van der Waals surface area contributed by atoms with Crippen LogP contribution in [-0.2, 0) is 0 Å². The summed E-state index contributed by atoms with van der Waals surface area (Å²) in [7, 11) is 0. The van der Waals surface area contributed by atoms with Crippen molar-refractivity contribution in [2.75, 3.05) is 24.5 Å². The molecule has 1 N–H and O–H groups in total. The van der Waals surface area contributed by atoms with Crippen molar-refractivity contribution >= 4 is 17.3 Å². The van der Waals surface area contributed by atoms with E-state index in [9.17, 15) is 4.39 Å². The van der Waals surface area contributed by atoms with Crippen molar-refractivity contribution in [1.82, 2.24) is 5.32 Å². The lowest BCUT2D eigenvalue weighted by atomic mass is 9.93. The zero-order valence-electron chi connectivity index (χ0n) is 11.6. The van der Waals surface area contributed by atoms with E-state index in [2.05, 4.69) is 24.1 Å². The number of nitrogens with zero attached hydrogens (tertiary/aromatic N) is 1. The lowest BCUT2D eigenvalue weighted by Gasteiger charge is -2.38. The van der Waals surface area contributed by atoms with Crippen LogP contribution in [0.4, 0.5) is 10.1 Å². The number of anilines is 1. The Morgan fingerprint density at radius 2 is 2.26 bits per heavy atom. The SMILES string of the molecule is CCCNC1CCN(c2ccc(F)c(Cl)c2)CC1C. The molecule has 0 radical (unpaired) electrons. The van der Waals surface area contributed by atoms with Crippen LogP contribution in [0, 0.1) is 11.7 Å². The fourth-order valence-corrected chi connectivity index (χ4v) is 2.87. The van der Waals surface area contributed by atoms with Crippen LogP contribution in [0.25, 0.3) is 0 Å². The maximum Gasteiger partial charge on any atom is 0.141 e. The van der Waals surface area contributed by atoms with Crippen molar-refractivity contribution in [3.63, 3.8) is 0 Å². The first-order chi connectivity index (χ1) is 9.11. The topological polar surface area (TPSA) is 15.3 Å². The molecule has 0 aliphatic carbocycles. The first-order valence-corrected chi connectivity index (χ1v) is 7.43. The summed E-state index contributed by atoms with van der Waals surface area (Å²) < 4.78 is 13.2. The van der Waals surface area contributed by atoms with Gasteiger partial charge in [-0.3, -0.25) is 0 Å². The molecule has 1 fully saturated rings. The minimum absolute atomic E-state index is 0.205. The minimum atomic E-state index is -0.349. The molecule has 2 unspecified atom stereocenters. The van der Waals surface area contributed by atoms with Crippen molar-refractivity contribution in [1.29, 1.82) is 0 Å². The quantitative estimate of drug-likeness (QED) is 0.907.